The Bertz CT molecular complexity index is 939. The summed E-state index contributed by atoms with van der Waals surface area (Å²) in [6.07, 6.45) is 3.76. The number of nitrogens with zero attached hydrogens (tertiary/aromatic N) is 3. The molecule has 0 radical (unpaired) electrons. The van der Waals surface area contributed by atoms with Gasteiger partial charge in [0.15, 0.2) is 0 Å². The molecule has 0 bridgehead atoms. The Morgan fingerprint density at radius 3 is 2.50 bits per heavy atom. The van der Waals surface area contributed by atoms with Crippen molar-refractivity contribution < 1.29 is 0 Å². The van der Waals surface area contributed by atoms with Gasteiger partial charge in [-0.05, 0) is 36.1 Å². The van der Waals surface area contributed by atoms with Gasteiger partial charge in [-0.3, -0.25) is 4.98 Å². The number of benzene rings is 1. The van der Waals surface area contributed by atoms with Crippen molar-refractivity contribution in [2.45, 2.75) is 13.5 Å². The van der Waals surface area contributed by atoms with E-state index in [0.29, 0.717) is 6.54 Å². The van der Waals surface area contributed by atoms with Gasteiger partial charge < -0.3 is 4.57 Å². The molecule has 3 aromatic heterocycles. The van der Waals surface area contributed by atoms with Crippen molar-refractivity contribution in [1.29, 1.82) is 0 Å². The zero-order chi connectivity index (χ0) is 16.4. The first kappa shape index (κ1) is 14.8. The first-order valence-corrected chi connectivity index (χ1v) is 8.76. The van der Waals surface area contributed by atoms with Gasteiger partial charge in [-0.1, -0.05) is 36.4 Å². The van der Waals surface area contributed by atoms with Crippen molar-refractivity contribution in [3.63, 3.8) is 0 Å². The van der Waals surface area contributed by atoms with Crippen molar-refractivity contribution >= 4 is 11.3 Å². The average Bonchev–Trinajstić information content (AvgIpc) is 3.22. The number of aromatic nitrogens is 3. The van der Waals surface area contributed by atoms with E-state index in [0.717, 1.165) is 17.0 Å². The van der Waals surface area contributed by atoms with E-state index in [1.54, 1.807) is 11.3 Å². The fourth-order valence-corrected chi connectivity index (χ4v) is 3.82. The second kappa shape index (κ2) is 6.42. The number of imidazole rings is 1. The molecule has 3 nitrogen and oxygen atoms in total. The summed E-state index contributed by atoms with van der Waals surface area (Å²) < 4.78 is 2.20. The van der Waals surface area contributed by atoms with Crippen LogP contribution in [0.15, 0.2) is 72.5 Å². The molecule has 24 heavy (non-hydrogen) atoms. The molecule has 0 saturated carbocycles. The first-order chi connectivity index (χ1) is 11.8. The summed E-state index contributed by atoms with van der Waals surface area (Å²) in [6, 6.07) is 18.5. The third kappa shape index (κ3) is 2.76. The van der Waals surface area contributed by atoms with E-state index in [2.05, 4.69) is 52.2 Å². The van der Waals surface area contributed by atoms with Crippen molar-refractivity contribution in [2.24, 2.45) is 0 Å². The lowest BCUT2D eigenvalue weighted by Gasteiger charge is -2.10. The number of aryl methyl sites for hydroxylation is 1. The molecule has 0 atom stereocenters. The fraction of sp³-hybridized carbons (Fsp3) is 0.100. The maximum atomic E-state index is 4.72. The van der Waals surface area contributed by atoms with E-state index >= 15 is 0 Å². The first-order valence-electron chi connectivity index (χ1n) is 7.88. The quantitative estimate of drug-likeness (QED) is 0.525. The number of hydrogen-bond donors (Lipinski definition) is 0. The third-order valence-electron chi connectivity index (χ3n) is 4.02. The molecule has 0 fully saturated rings. The molecule has 4 rings (SSSR count). The van der Waals surface area contributed by atoms with Gasteiger partial charge >= 0.3 is 0 Å². The lowest BCUT2D eigenvalue weighted by molar-refractivity contribution is 0.781. The fourth-order valence-electron chi connectivity index (χ4n) is 2.83. The number of hydrogen-bond acceptors (Lipinski definition) is 3. The molecule has 3 heterocycles. The highest BCUT2D eigenvalue weighted by Crippen LogP contribution is 2.36. The third-order valence-corrected chi connectivity index (χ3v) is 5.04. The Balaban J connectivity index is 1.86. The van der Waals surface area contributed by atoms with Crippen LogP contribution in [0.25, 0.3) is 21.8 Å². The Kier molecular flexibility index (Phi) is 3.97. The summed E-state index contributed by atoms with van der Waals surface area (Å²) in [6.45, 7) is 2.87. The van der Waals surface area contributed by atoms with Crippen molar-refractivity contribution in [1.82, 2.24) is 14.5 Å². The van der Waals surface area contributed by atoms with Crippen LogP contribution in [0.1, 0.15) is 11.3 Å². The van der Waals surface area contributed by atoms with Gasteiger partial charge in [-0.2, -0.15) is 0 Å². The summed E-state index contributed by atoms with van der Waals surface area (Å²) in [7, 11) is 0. The van der Waals surface area contributed by atoms with Gasteiger partial charge in [0, 0.05) is 11.8 Å². The topological polar surface area (TPSA) is 30.7 Å². The van der Waals surface area contributed by atoms with E-state index < -0.39 is 0 Å². The van der Waals surface area contributed by atoms with Gasteiger partial charge in [0.05, 0.1) is 34.8 Å². The molecule has 4 heteroatoms. The van der Waals surface area contributed by atoms with Gasteiger partial charge in [-0.15, -0.1) is 11.3 Å². The summed E-state index contributed by atoms with van der Waals surface area (Å²) >= 11 is 1.76. The van der Waals surface area contributed by atoms with Crippen LogP contribution in [-0.2, 0) is 6.54 Å². The molecule has 0 N–H and O–H groups in total. The minimum Gasteiger partial charge on any atom is -0.323 e. The largest absolute Gasteiger partial charge is 0.323 e. The standard InChI is InChI=1S/C20H17N3S/c1-15-10-12-24-20(15)19-18(16-7-3-2-4-8-16)22-14-23(19)13-17-9-5-6-11-21-17/h2-12,14H,13H2,1H3. The lowest BCUT2D eigenvalue weighted by atomic mass is 10.1. The number of pyridine rings is 1. The van der Waals surface area contributed by atoms with Crippen LogP contribution in [0.4, 0.5) is 0 Å². The number of thiophene rings is 1. The normalized spacial score (nSPS) is 10.9. The molecule has 4 aromatic rings. The van der Waals surface area contributed by atoms with Crippen LogP contribution in [0, 0.1) is 6.92 Å². The molecule has 0 aliphatic heterocycles. The molecule has 0 aliphatic carbocycles. The minimum atomic E-state index is 0.716. The smallest absolute Gasteiger partial charge is 0.0971 e. The van der Waals surface area contributed by atoms with Gasteiger partial charge in [0.1, 0.15) is 0 Å². The van der Waals surface area contributed by atoms with Crippen LogP contribution in [-0.4, -0.2) is 14.5 Å². The van der Waals surface area contributed by atoms with Crippen molar-refractivity contribution in [3.8, 4) is 21.8 Å². The summed E-state index contributed by atoms with van der Waals surface area (Å²) in [5.74, 6) is 0. The average molecular weight is 331 g/mol. The second-order valence-corrected chi connectivity index (χ2v) is 6.61. The molecular weight excluding hydrogens is 314 g/mol. The monoisotopic (exact) mass is 331 g/mol. The van der Waals surface area contributed by atoms with Crippen molar-refractivity contribution in [2.75, 3.05) is 0 Å². The Hall–Kier alpha value is -2.72. The van der Waals surface area contributed by atoms with E-state index in [1.807, 2.05) is 36.8 Å². The van der Waals surface area contributed by atoms with Crippen LogP contribution in [0.3, 0.4) is 0 Å². The summed E-state index contributed by atoms with van der Waals surface area (Å²) in [5, 5.41) is 2.14. The number of rotatable bonds is 4. The van der Waals surface area contributed by atoms with E-state index in [4.69, 9.17) is 4.98 Å². The zero-order valence-corrected chi connectivity index (χ0v) is 14.2. The van der Waals surface area contributed by atoms with Crippen LogP contribution < -0.4 is 0 Å². The molecule has 0 aliphatic rings. The van der Waals surface area contributed by atoms with Gasteiger partial charge in [-0.25, -0.2) is 4.98 Å². The zero-order valence-electron chi connectivity index (χ0n) is 13.4. The predicted molar refractivity (Wildman–Crippen MR) is 99.1 cm³/mol. The predicted octanol–water partition coefficient (Wildman–Crippen LogP) is 5.03. The lowest BCUT2D eigenvalue weighted by Crippen LogP contribution is -2.02. The molecular formula is C20H17N3S. The van der Waals surface area contributed by atoms with Crippen LogP contribution in [0.2, 0.25) is 0 Å². The van der Waals surface area contributed by atoms with E-state index in [1.165, 1.54) is 16.1 Å². The minimum absolute atomic E-state index is 0.716. The molecule has 0 unspecified atom stereocenters. The van der Waals surface area contributed by atoms with Gasteiger partial charge in [0.2, 0.25) is 0 Å². The Morgan fingerprint density at radius 2 is 1.79 bits per heavy atom. The van der Waals surface area contributed by atoms with E-state index in [9.17, 15) is 0 Å². The maximum absolute atomic E-state index is 4.72. The molecule has 1 aromatic carbocycles. The Morgan fingerprint density at radius 1 is 0.958 bits per heavy atom. The molecule has 0 amide bonds. The molecule has 118 valence electrons. The van der Waals surface area contributed by atoms with Gasteiger partial charge in [0.25, 0.3) is 0 Å². The molecule has 0 spiro atoms. The second-order valence-electron chi connectivity index (χ2n) is 5.69. The Labute approximate surface area is 145 Å². The van der Waals surface area contributed by atoms with E-state index in [-0.39, 0.29) is 0 Å². The van der Waals surface area contributed by atoms with Crippen LogP contribution >= 0.6 is 11.3 Å². The van der Waals surface area contributed by atoms with Crippen LogP contribution in [0.5, 0.6) is 0 Å². The SMILES string of the molecule is Cc1ccsc1-c1c(-c2ccccc2)ncn1Cc1ccccn1. The summed E-state index contributed by atoms with van der Waals surface area (Å²) in [5.41, 5.74) is 5.64. The maximum Gasteiger partial charge on any atom is 0.0971 e. The summed E-state index contributed by atoms with van der Waals surface area (Å²) in [4.78, 5) is 10.4. The molecule has 0 saturated heterocycles. The van der Waals surface area contributed by atoms with Crippen molar-refractivity contribution in [3.05, 3.63) is 83.8 Å². The highest BCUT2D eigenvalue weighted by Gasteiger charge is 2.18. The highest BCUT2D eigenvalue weighted by molar-refractivity contribution is 7.13. The highest BCUT2D eigenvalue weighted by atomic mass is 32.1.